The number of fused-ring (bicyclic) bond motifs is 1. The van der Waals surface area contributed by atoms with Crippen LogP contribution in [-0.4, -0.2) is 24.3 Å². The summed E-state index contributed by atoms with van der Waals surface area (Å²) in [4.78, 5) is 8.85. The van der Waals surface area contributed by atoms with E-state index in [4.69, 9.17) is 5.10 Å². The number of aryl methyl sites for hydroxylation is 3. The third kappa shape index (κ3) is 3.23. The second-order valence-corrected chi connectivity index (χ2v) is 8.05. The molecule has 3 aromatic heterocycles. The Morgan fingerprint density at radius 1 is 1.28 bits per heavy atom. The largest absolute Gasteiger partial charge is 0.316 e. The first-order chi connectivity index (χ1) is 14.1. The average molecular weight is 409 g/mol. The molecule has 8 heteroatoms. The molecule has 0 saturated carbocycles. The highest BCUT2D eigenvalue weighted by atomic mass is 32.1. The summed E-state index contributed by atoms with van der Waals surface area (Å²) in [6.07, 6.45) is 6.67. The first-order valence-corrected chi connectivity index (χ1v) is 10.6. The normalized spacial score (nSPS) is 13.1. The Labute approximate surface area is 172 Å². The van der Waals surface area contributed by atoms with E-state index in [-0.39, 0.29) is 5.82 Å². The molecular weight excluding hydrogens is 387 g/mol. The van der Waals surface area contributed by atoms with Crippen LogP contribution in [0, 0.1) is 12.7 Å². The van der Waals surface area contributed by atoms with Gasteiger partial charge >= 0.3 is 0 Å². The Balaban J connectivity index is 1.42. The van der Waals surface area contributed by atoms with Gasteiger partial charge in [0, 0.05) is 29.2 Å². The molecule has 0 unspecified atom stereocenters. The van der Waals surface area contributed by atoms with Gasteiger partial charge in [0.25, 0.3) is 0 Å². The molecule has 0 bridgehead atoms. The van der Waals surface area contributed by atoms with Gasteiger partial charge in [-0.2, -0.15) is 5.10 Å². The highest BCUT2D eigenvalue weighted by Gasteiger charge is 2.22. The summed E-state index contributed by atoms with van der Waals surface area (Å²) in [5.41, 5.74) is 5.32. The number of aromatic nitrogens is 5. The molecule has 6 nitrogen and oxygen atoms in total. The SMILES string of the molecule is CCn1nc2c(c1Nc1nc(-c3ccc(-n4cnc(C)c4)c(F)c3)cs1)CCC2. The Morgan fingerprint density at radius 2 is 2.17 bits per heavy atom. The summed E-state index contributed by atoms with van der Waals surface area (Å²) in [6, 6.07) is 5.18. The number of halogens is 1. The minimum atomic E-state index is -0.302. The fraction of sp³-hybridized carbons (Fsp3) is 0.286. The number of hydrogen-bond acceptors (Lipinski definition) is 5. The molecule has 0 spiro atoms. The lowest BCUT2D eigenvalue weighted by Gasteiger charge is -2.08. The number of anilines is 2. The molecule has 0 atom stereocenters. The third-order valence-electron chi connectivity index (χ3n) is 5.24. The highest BCUT2D eigenvalue weighted by molar-refractivity contribution is 7.14. The topological polar surface area (TPSA) is 60.6 Å². The lowest BCUT2D eigenvalue weighted by atomic mass is 10.1. The predicted octanol–water partition coefficient (Wildman–Crippen LogP) is 4.89. The van der Waals surface area contributed by atoms with Crippen LogP contribution in [0.15, 0.2) is 36.1 Å². The van der Waals surface area contributed by atoms with Crippen molar-refractivity contribution in [1.29, 1.82) is 0 Å². The van der Waals surface area contributed by atoms with Crippen LogP contribution < -0.4 is 5.32 Å². The maximum Gasteiger partial charge on any atom is 0.188 e. The zero-order valence-corrected chi connectivity index (χ0v) is 17.1. The van der Waals surface area contributed by atoms with E-state index in [2.05, 4.69) is 22.2 Å². The van der Waals surface area contributed by atoms with E-state index in [0.717, 1.165) is 53.7 Å². The lowest BCUT2D eigenvalue weighted by Crippen LogP contribution is -2.04. The molecule has 0 radical (unpaired) electrons. The molecule has 0 amide bonds. The number of thiazole rings is 1. The Kier molecular flexibility index (Phi) is 4.43. The van der Waals surface area contributed by atoms with Gasteiger partial charge in [-0.05, 0) is 45.2 Å². The van der Waals surface area contributed by atoms with E-state index >= 15 is 0 Å². The van der Waals surface area contributed by atoms with Crippen LogP contribution in [0.5, 0.6) is 0 Å². The van der Waals surface area contributed by atoms with Crippen LogP contribution in [0.3, 0.4) is 0 Å². The highest BCUT2D eigenvalue weighted by Crippen LogP contribution is 2.33. The number of nitrogens with one attached hydrogen (secondary N) is 1. The molecule has 29 heavy (non-hydrogen) atoms. The van der Waals surface area contributed by atoms with Crippen molar-refractivity contribution in [1.82, 2.24) is 24.3 Å². The van der Waals surface area contributed by atoms with Gasteiger partial charge in [0.15, 0.2) is 5.13 Å². The molecule has 0 fully saturated rings. The van der Waals surface area contributed by atoms with Crippen molar-refractivity contribution in [3.05, 3.63) is 58.9 Å². The van der Waals surface area contributed by atoms with Gasteiger partial charge in [-0.1, -0.05) is 6.07 Å². The number of hydrogen-bond donors (Lipinski definition) is 1. The van der Waals surface area contributed by atoms with Crippen LogP contribution in [0.2, 0.25) is 0 Å². The molecule has 1 aliphatic rings. The molecule has 4 aromatic rings. The van der Waals surface area contributed by atoms with Gasteiger partial charge in [-0.25, -0.2) is 19.0 Å². The Morgan fingerprint density at radius 3 is 2.93 bits per heavy atom. The van der Waals surface area contributed by atoms with Gasteiger partial charge in [-0.3, -0.25) is 0 Å². The maximum atomic E-state index is 14.7. The number of rotatable bonds is 5. The molecule has 5 rings (SSSR count). The molecule has 0 saturated heterocycles. The van der Waals surface area contributed by atoms with Gasteiger partial charge in [0.05, 0.1) is 29.1 Å². The van der Waals surface area contributed by atoms with E-state index in [0.29, 0.717) is 5.69 Å². The molecular formula is C21H21FN6S. The first kappa shape index (κ1) is 18.1. The molecule has 3 heterocycles. The monoisotopic (exact) mass is 408 g/mol. The van der Waals surface area contributed by atoms with E-state index in [1.165, 1.54) is 28.7 Å². The quantitative estimate of drug-likeness (QED) is 0.511. The Bertz CT molecular complexity index is 1190. The summed E-state index contributed by atoms with van der Waals surface area (Å²) in [7, 11) is 0. The summed E-state index contributed by atoms with van der Waals surface area (Å²) >= 11 is 1.52. The minimum Gasteiger partial charge on any atom is -0.316 e. The molecule has 1 N–H and O–H groups in total. The summed E-state index contributed by atoms with van der Waals surface area (Å²) in [6.45, 7) is 4.78. The first-order valence-electron chi connectivity index (χ1n) is 9.74. The van der Waals surface area contributed by atoms with Crippen molar-refractivity contribution in [2.45, 2.75) is 39.7 Å². The smallest absolute Gasteiger partial charge is 0.188 e. The summed E-state index contributed by atoms with van der Waals surface area (Å²) < 4.78 is 18.4. The van der Waals surface area contributed by atoms with Crippen molar-refractivity contribution in [2.75, 3.05) is 5.32 Å². The van der Waals surface area contributed by atoms with Crippen molar-refractivity contribution in [3.63, 3.8) is 0 Å². The third-order valence-corrected chi connectivity index (χ3v) is 5.99. The van der Waals surface area contributed by atoms with Gasteiger partial charge in [0.1, 0.15) is 11.6 Å². The standard InChI is InChI=1S/C21H21FN6S/c1-3-28-20(15-5-4-6-17(15)26-28)25-21-24-18(11-29-21)14-7-8-19(16(22)9-14)27-10-13(2)23-12-27/h7-12H,3-6H2,1-2H3,(H,24,25). The van der Waals surface area contributed by atoms with E-state index in [9.17, 15) is 4.39 Å². The van der Waals surface area contributed by atoms with Crippen LogP contribution in [0.4, 0.5) is 15.3 Å². The van der Waals surface area contributed by atoms with Gasteiger partial charge < -0.3 is 9.88 Å². The molecule has 1 aromatic carbocycles. The van der Waals surface area contributed by atoms with Crippen molar-refractivity contribution in [2.24, 2.45) is 0 Å². The number of imidazole rings is 1. The van der Waals surface area contributed by atoms with E-state index < -0.39 is 0 Å². The van der Waals surface area contributed by atoms with Gasteiger partial charge in [0.2, 0.25) is 0 Å². The van der Waals surface area contributed by atoms with Crippen LogP contribution in [-0.2, 0) is 19.4 Å². The van der Waals surface area contributed by atoms with Crippen molar-refractivity contribution >= 4 is 22.3 Å². The second kappa shape index (κ2) is 7.11. The lowest BCUT2D eigenvalue weighted by molar-refractivity contribution is 0.618. The second-order valence-electron chi connectivity index (χ2n) is 7.19. The van der Waals surface area contributed by atoms with Gasteiger partial charge in [-0.15, -0.1) is 11.3 Å². The van der Waals surface area contributed by atoms with E-state index in [1.807, 2.05) is 23.1 Å². The van der Waals surface area contributed by atoms with Crippen LogP contribution in [0.25, 0.3) is 16.9 Å². The Hall–Kier alpha value is -3.00. The fourth-order valence-corrected chi connectivity index (χ4v) is 4.53. The maximum absolute atomic E-state index is 14.7. The number of benzene rings is 1. The zero-order chi connectivity index (χ0) is 20.0. The fourth-order valence-electron chi connectivity index (χ4n) is 3.81. The molecule has 1 aliphatic carbocycles. The predicted molar refractivity (Wildman–Crippen MR) is 113 cm³/mol. The number of nitrogens with zero attached hydrogens (tertiary/aromatic N) is 5. The van der Waals surface area contributed by atoms with E-state index in [1.54, 1.807) is 23.2 Å². The van der Waals surface area contributed by atoms with Crippen LogP contribution >= 0.6 is 11.3 Å². The minimum absolute atomic E-state index is 0.302. The van der Waals surface area contributed by atoms with Crippen molar-refractivity contribution < 1.29 is 4.39 Å². The zero-order valence-electron chi connectivity index (χ0n) is 16.3. The van der Waals surface area contributed by atoms with Crippen molar-refractivity contribution in [3.8, 4) is 16.9 Å². The summed E-state index contributed by atoms with van der Waals surface area (Å²) in [5.74, 6) is 0.738. The summed E-state index contributed by atoms with van der Waals surface area (Å²) in [5, 5.41) is 10.9. The van der Waals surface area contributed by atoms with Crippen LogP contribution in [0.1, 0.15) is 30.3 Å². The molecule has 148 valence electrons. The average Bonchev–Trinajstić information content (AvgIpc) is 3.48. The molecule has 0 aliphatic heterocycles.